The average molecular weight is 327 g/mol. The molecule has 4 heterocycles. The van der Waals surface area contributed by atoms with E-state index in [1.807, 2.05) is 19.1 Å². The summed E-state index contributed by atoms with van der Waals surface area (Å²) < 4.78 is 9.21. The number of fused-ring (bicyclic) bond motifs is 1. The van der Waals surface area contributed by atoms with Gasteiger partial charge < -0.3 is 4.74 Å². The summed E-state index contributed by atoms with van der Waals surface area (Å²) in [6.07, 6.45) is 3.12. The lowest BCUT2D eigenvalue weighted by Crippen LogP contribution is -2.53. The van der Waals surface area contributed by atoms with E-state index in [0.29, 0.717) is 24.9 Å². The van der Waals surface area contributed by atoms with Crippen molar-refractivity contribution in [3.8, 4) is 0 Å². The first-order chi connectivity index (χ1) is 11.7. The Labute approximate surface area is 138 Å². The van der Waals surface area contributed by atoms with E-state index in [4.69, 9.17) is 4.74 Å². The van der Waals surface area contributed by atoms with Crippen molar-refractivity contribution in [3.63, 3.8) is 0 Å². The highest BCUT2D eigenvalue weighted by atomic mass is 16.5. The van der Waals surface area contributed by atoms with Crippen molar-refractivity contribution >= 4 is 11.9 Å². The molecule has 0 bridgehead atoms. The van der Waals surface area contributed by atoms with Crippen molar-refractivity contribution in [3.05, 3.63) is 52.2 Å². The second kappa shape index (κ2) is 6.04. The predicted molar refractivity (Wildman–Crippen MR) is 88.2 cm³/mol. The molecule has 2 aromatic rings. The van der Waals surface area contributed by atoms with E-state index >= 15 is 0 Å². The van der Waals surface area contributed by atoms with Crippen LogP contribution in [0.1, 0.15) is 17.4 Å². The summed E-state index contributed by atoms with van der Waals surface area (Å²) in [5.41, 5.74) is 1.48. The number of ether oxygens (including phenoxy) is 1. The first-order valence-corrected chi connectivity index (χ1v) is 7.96. The molecule has 24 heavy (non-hydrogen) atoms. The van der Waals surface area contributed by atoms with Crippen LogP contribution >= 0.6 is 0 Å². The molecule has 0 aliphatic carbocycles. The third kappa shape index (κ3) is 2.65. The minimum Gasteiger partial charge on any atom is -0.375 e. The quantitative estimate of drug-likeness (QED) is 0.712. The first kappa shape index (κ1) is 14.8. The molecule has 1 atom stereocenters. The molecule has 4 rings (SSSR count). The number of rotatable bonds is 1. The lowest BCUT2D eigenvalue weighted by molar-refractivity contribution is -0.551. The van der Waals surface area contributed by atoms with Crippen LogP contribution in [0, 0.1) is 6.92 Å². The highest BCUT2D eigenvalue weighted by Gasteiger charge is 2.33. The SMILES string of the molecule is Cc1cc(=O)n2c(n1)NC(=[N+]1CCOCC1)NC2c1cccnc1. The molecule has 2 aromatic heterocycles. The lowest BCUT2D eigenvalue weighted by atomic mass is 10.2. The van der Waals surface area contributed by atoms with Crippen molar-refractivity contribution in [2.45, 2.75) is 13.1 Å². The maximum Gasteiger partial charge on any atom is 0.355 e. The zero-order chi connectivity index (χ0) is 16.5. The molecular weight excluding hydrogens is 308 g/mol. The number of anilines is 1. The summed E-state index contributed by atoms with van der Waals surface area (Å²) in [5, 5.41) is 6.67. The number of nitrogens with one attached hydrogen (secondary N) is 2. The number of morpholine rings is 1. The Morgan fingerprint density at radius 2 is 2.21 bits per heavy atom. The second-order valence-corrected chi connectivity index (χ2v) is 5.84. The predicted octanol–water partition coefficient (Wildman–Crippen LogP) is -0.0926. The summed E-state index contributed by atoms with van der Waals surface area (Å²) in [7, 11) is 0. The molecule has 1 unspecified atom stereocenters. The third-order valence-electron chi connectivity index (χ3n) is 4.17. The van der Waals surface area contributed by atoms with Crippen LogP contribution in [0.3, 0.4) is 0 Å². The standard InChI is InChI=1S/C16H18N6O2/c1-11-9-13(23)22-14(12-3-2-4-17-10-12)19-15(20-16(22)18-11)21-5-7-24-8-6-21/h2-4,9-10,14H,5-8H2,1H3,(H,18,19,20,23)/p+1. The van der Waals surface area contributed by atoms with Crippen molar-refractivity contribution in [2.24, 2.45) is 0 Å². The fourth-order valence-corrected chi connectivity index (χ4v) is 3.01. The molecular formula is C16H19N6O2+. The molecule has 0 radical (unpaired) electrons. The van der Waals surface area contributed by atoms with E-state index in [0.717, 1.165) is 24.6 Å². The van der Waals surface area contributed by atoms with Crippen LogP contribution in [0.25, 0.3) is 0 Å². The van der Waals surface area contributed by atoms with Gasteiger partial charge in [-0.25, -0.2) is 14.9 Å². The maximum atomic E-state index is 12.5. The van der Waals surface area contributed by atoms with Gasteiger partial charge in [-0.2, -0.15) is 0 Å². The Kier molecular flexibility index (Phi) is 3.73. The Morgan fingerprint density at radius 3 is 2.96 bits per heavy atom. The van der Waals surface area contributed by atoms with Gasteiger partial charge >= 0.3 is 5.96 Å². The normalized spacial score (nSPS) is 20.1. The molecule has 0 saturated carbocycles. The molecule has 0 spiro atoms. The Hall–Kier alpha value is -2.74. The number of hydrogen-bond acceptors (Lipinski definition) is 4. The molecule has 124 valence electrons. The number of guanidine groups is 1. The highest BCUT2D eigenvalue weighted by molar-refractivity contribution is 5.90. The van der Waals surface area contributed by atoms with Crippen LogP contribution < -0.4 is 16.2 Å². The lowest BCUT2D eigenvalue weighted by Gasteiger charge is -2.28. The molecule has 1 fully saturated rings. The molecule has 0 amide bonds. The topological polar surface area (TPSA) is 84.1 Å². The number of pyridine rings is 1. The van der Waals surface area contributed by atoms with Crippen LogP contribution in [0.2, 0.25) is 0 Å². The van der Waals surface area contributed by atoms with E-state index < -0.39 is 0 Å². The first-order valence-electron chi connectivity index (χ1n) is 7.96. The minimum absolute atomic E-state index is 0.104. The van der Waals surface area contributed by atoms with Crippen molar-refractivity contribution < 1.29 is 9.31 Å². The van der Waals surface area contributed by atoms with Gasteiger partial charge in [0.15, 0.2) is 6.17 Å². The fourth-order valence-electron chi connectivity index (χ4n) is 3.01. The fraction of sp³-hybridized carbons (Fsp3) is 0.375. The number of aryl methyl sites for hydroxylation is 1. The van der Waals surface area contributed by atoms with Crippen molar-refractivity contribution in [1.29, 1.82) is 0 Å². The van der Waals surface area contributed by atoms with Crippen LogP contribution in [-0.4, -0.2) is 51.4 Å². The van der Waals surface area contributed by atoms with Gasteiger partial charge in [-0.3, -0.25) is 19.7 Å². The summed E-state index contributed by atoms with van der Waals surface area (Å²) in [6.45, 7) is 4.74. The minimum atomic E-state index is -0.353. The van der Waals surface area contributed by atoms with Crippen LogP contribution in [0.4, 0.5) is 5.95 Å². The van der Waals surface area contributed by atoms with Gasteiger partial charge in [-0.1, -0.05) is 6.07 Å². The molecule has 8 nitrogen and oxygen atoms in total. The van der Waals surface area contributed by atoms with Gasteiger partial charge in [-0.05, 0) is 13.0 Å². The Bertz CT molecular complexity index is 837. The molecule has 8 heteroatoms. The monoisotopic (exact) mass is 327 g/mol. The largest absolute Gasteiger partial charge is 0.375 e. The van der Waals surface area contributed by atoms with Crippen LogP contribution in [0.5, 0.6) is 0 Å². The summed E-state index contributed by atoms with van der Waals surface area (Å²) in [6, 6.07) is 5.35. The van der Waals surface area contributed by atoms with Gasteiger partial charge in [0.2, 0.25) is 0 Å². The van der Waals surface area contributed by atoms with Crippen molar-refractivity contribution in [1.82, 2.24) is 19.9 Å². The van der Waals surface area contributed by atoms with E-state index in [9.17, 15) is 4.79 Å². The second-order valence-electron chi connectivity index (χ2n) is 5.84. The van der Waals surface area contributed by atoms with Gasteiger partial charge in [0.1, 0.15) is 0 Å². The van der Waals surface area contributed by atoms with Crippen molar-refractivity contribution in [2.75, 3.05) is 31.6 Å². The maximum absolute atomic E-state index is 12.5. The zero-order valence-electron chi connectivity index (χ0n) is 13.4. The molecule has 2 N–H and O–H groups in total. The van der Waals surface area contributed by atoms with Gasteiger partial charge in [0.05, 0.1) is 26.3 Å². The van der Waals surface area contributed by atoms with Crippen LogP contribution in [0.15, 0.2) is 35.4 Å². The van der Waals surface area contributed by atoms with E-state index in [1.54, 1.807) is 17.0 Å². The molecule has 2 aliphatic heterocycles. The van der Waals surface area contributed by atoms with Gasteiger partial charge in [0, 0.05) is 29.7 Å². The Morgan fingerprint density at radius 1 is 1.38 bits per heavy atom. The molecule has 1 saturated heterocycles. The zero-order valence-corrected chi connectivity index (χ0v) is 13.4. The van der Waals surface area contributed by atoms with E-state index in [-0.39, 0.29) is 11.7 Å². The smallest absolute Gasteiger partial charge is 0.355 e. The van der Waals surface area contributed by atoms with E-state index in [2.05, 4.69) is 25.2 Å². The van der Waals surface area contributed by atoms with Gasteiger partial charge in [0.25, 0.3) is 11.5 Å². The Balaban J connectivity index is 1.85. The summed E-state index contributed by atoms with van der Waals surface area (Å²) >= 11 is 0. The highest BCUT2D eigenvalue weighted by Crippen LogP contribution is 2.20. The molecule has 0 aromatic carbocycles. The van der Waals surface area contributed by atoms with Crippen LogP contribution in [-0.2, 0) is 4.74 Å². The number of aromatic nitrogens is 3. The van der Waals surface area contributed by atoms with Gasteiger partial charge in [-0.15, -0.1) is 0 Å². The van der Waals surface area contributed by atoms with E-state index in [1.165, 1.54) is 6.07 Å². The molecule has 2 aliphatic rings. The number of hydrogen-bond donors (Lipinski definition) is 2. The third-order valence-corrected chi connectivity index (χ3v) is 4.17. The summed E-state index contributed by atoms with van der Waals surface area (Å²) in [4.78, 5) is 21.2. The number of nitrogens with zero attached hydrogens (tertiary/aromatic N) is 4. The average Bonchev–Trinajstić information content (AvgIpc) is 2.62. The summed E-state index contributed by atoms with van der Waals surface area (Å²) in [5.74, 6) is 1.37.